The average molecular weight is 336 g/mol. The number of carbonyl (C=O) groups excluding carboxylic acids is 3. The van der Waals surface area contributed by atoms with Crippen LogP contribution < -0.4 is 9.47 Å². The maximum atomic E-state index is 12.8. The van der Waals surface area contributed by atoms with Crippen LogP contribution in [0.2, 0.25) is 0 Å². The lowest BCUT2D eigenvalue weighted by atomic mass is 10.0. The van der Waals surface area contributed by atoms with E-state index in [9.17, 15) is 14.4 Å². The highest BCUT2D eigenvalue weighted by Crippen LogP contribution is 2.27. The highest BCUT2D eigenvalue weighted by atomic mass is 16.5. The maximum absolute atomic E-state index is 12.8. The van der Waals surface area contributed by atoms with Gasteiger partial charge >= 0.3 is 11.9 Å². The maximum Gasteiger partial charge on any atom is 0.335 e. The van der Waals surface area contributed by atoms with Crippen LogP contribution >= 0.6 is 0 Å². The smallest absolute Gasteiger partial charge is 0.335 e. The highest BCUT2D eigenvalue weighted by molar-refractivity contribution is 6.11. The molecule has 0 radical (unpaired) electrons. The normalized spacial score (nSPS) is 9.80. The number of carbonyl (C=O) groups is 3. The summed E-state index contributed by atoms with van der Waals surface area (Å²) in [5.41, 5.74) is 1.51. The summed E-state index contributed by atoms with van der Waals surface area (Å²) in [6, 6.07) is 11.1. The van der Waals surface area contributed by atoms with Gasteiger partial charge in [-0.2, -0.15) is 0 Å². The van der Waals surface area contributed by atoms with Gasteiger partial charge in [-0.15, -0.1) is 0 Å². The van der Waals surface area contributed by atoms with Crippen LogP contribution in [0.5, 0.6) is 11.5 Å². The number of rotatable bonds is 6. The molecule has 0 amide bonds. The van der Waals surface area contributed by atoms with Gasteiger partial charge in [0.2, 0.25) is 0 Å². The Balaban J connectivity index is 2.46. The Morgan fingerprint density at radius 1 is 0.880 bits per heavy atom. The second kappa shape index (κ2) is 7.88. The third-order valence-electron chi connectivity index (χ3n) is 3.27. The largest absolute Gasteiger partial charge is 0.423 e. The lowest BCUT2D eigenvalue weighted by molar-refractivity contribution is -0.130. The van der Waals surface area contributed by atoms with Gasteiger partial charge in [-0.3, -0.25) is 4.79 Å². The zero-order valence-corrected chi connectivity index (χ0v) is 13.7. The van der Waals surface area contributed by atoms with Gasteiger partial charge in [0.05, 0.1) is 5.56 Å². The molecule has 0 fully saturated rings. The molecule has 2 rings (SSSR count). The Kier molecular flexibility index (Phi) is 5.63. The van der Waals surface area contributed by atoms with E-state index < -0.39 is 11.9 Å². The summed E-state index contributed by atoms with van der Waals surface area (Å²) in [4.78, 5) is 35.6. The van der Waals surface area contributed by atoms with Gasteiger partial charge in [0, 0.05) is 17.7 Å². The summed E-state index contributed by atoms with van der Waals surface area (Å²) in [6.07, 6.45) is 2.00. The fraction of sp³-hybridized carbons (Fsp3) is 0.0500. The van der Waals surface area contributed by atoms with Crippen LogP contribution in [-0.4, -0.2) is 17.7 Å². The second-order valence-corrected chi connectivity index (χ2v) is 5.10. The SMILES string of the molecule is C=CC(=O)Oc1ccc(OC(=O)C=C)c(C(=O)c2ccc(C)cc2)c1. The number of aryl methyl sites for hydroxylation is 1. The molecule has 0 aliphatic heterocycles. The molecular formula is C20H16O5. The lowest BCUT2D eigenvalue weighted by Gasteiger charge is -2.11. The quantitative estimate of drug-likeness (QED) is 0.350. The third kappa shape index (κ3) is 4.51. The summed E-state index contributed by atoms with van der Waals surface area (Å²) in [5.74, 6) is -1.55. The number of esters is 2. The molecule has 5 heteroatoms. The van der Waals surface area contributed by atoms with Gasteiger partial charge in [0.15, 0.2) is 5.78 Å². The standard InChI is InChI=1S/C20H16O5/c1-4-18(21)24-15-10-11-17(25-19(22)5-2)16(12-15)20(23)14-8-6-13(3)7-9-14/h4-12H,1-2H2,3H3. The van der Waals surface area contributed by atoms with Gasteiger partial charge in [-0.25, -0.2) is 9.59 Å². The summed E-state index contributed by atoms with van der Waals surface area (Å²) < 4.78 is 10.1. The van der Waals surface area contributed by atoms with Crippen molar-refractivity contribution in [2.45, 2.75) is 6.92 Å². The van der Waals surface area contributed by atoms with Crippen LogP contribution in [-0.2, 0) is 9.59 Å². The van der Waals surface area contributed by atoms with Crippen molar-refractivity contribution < 1.29 is 23.9 Å². The highest BCUT2D eigenvalue weighted by Gasteiger charge is 2.18. The van der Waals surface area contributed by atoms with E-state index in [1.54, 1.807) is 24.3 Å². The number of hydrogen-bond donors (Lipinski definition) is 0. The molecule has 0 atom stereocenters. The summed E-state index contributed by atoms with van der Waals surface area (Å²) in [7, 11) is 0. The van der Waals surface area contributed by atoms with Crippen molar-refractivity contribution in [2.75, 3.05) is 0 Å². The molecule has 0 aliphatic rings. The molecule has 0 saturated heterocycles. The van der Waals surface area contributed by atoms with Crippen molar-refractivity contribution in [1.29, 1.82) is 0 Å². The molecule has 25 heavy (non-hydrogen) atoms. The van der Waals surface area contributed by atoms with E-state index in [0.717, 1.165) is 17.7 Å². The van der Waals surface area contributed by atoms with Crippen molar-refractivity contribution in [1.82, 2.24) is 0 Å². The minimum Gasteiger partial charge on any atom is -0.423 e. The number of ketones is 1. The monoisotopic (exact) mass is 336 g/mol. The summed E-state index contributed by atoms with van der Waals surface area (Å²) in [5, 5.41) is 0. The van der Waals surface area contributed by atoms with Crippen LogP contribution in [0.15, 0.2) is 67.8 Å². The molecule has 126 valence electrons. The van der Waals surface area contributed by atoms with Gasteiger partial charge in [0.25, 0.3) is 0 Å². The summed E-state index contributed by atoms with van der Waals surface area (Å²) in [6.45, 7) is 8.55. The van der Waals surface area contributed by atoms with Gasteiger partial charge in [-0.1, -0.05) is 43.0 Å². The topological polar surface area (TPSA) is 69.7 Å². The van der Waals surface area contributed by atoms with Crippen LogP contribution in [0.4, 0.5) is 0 Å². The fourth-order valence-electron chi connectivity index (χ4n) is 2.01. The van der Waals surface area contributed by atoms with E-state index in [2.05, 4.69) is 13.2 Å². The van der Waals surface area contributed by atoms with E-state index in [0.29, 0.717) is 5.56 Å². The van der Waals surface area contributed by atoms with E-state index in [-0.39, 0.29) is 22.8 Å². The minimum absolute atomic E-state index is 0.0499. The van der Waals surface area contributed by atoms with E-state index in [1.165, 1.54) is 18.2 Å². The van der Waals surface area contributed by atoms with Gasteiger partial charge < -0.3 is 9.47 Å². The van der Waals surface area contributed by atoms with Crippen molar-refractivity contribution in [2.24, 2.45) is 0 Å². The first kappa shape index (κ1) is 17.9. The van der Waals surface area contributed by atoms with Crippen LogP contribution in [0.25, 0.3) is 0 Å². The number of hydrogen-bond acceptors (Lipinski definition) is 5. The van der Waals surface area contributed by atoms with E-state index in [4.69, 9.17) is 9.47 Å². The molecule has 0 N–H and O–H groups in total. The van der Waals surface area contributed by atoms with Crippen molar-refractivity contribution in [3.8, 4) is 11.5 Å². The second-order valence-electron chi connectivity index (χ2n) is 5.10. The van der Waals surface area contributed by atoms with E-state index >= 15 is 0 Å². The lowest BCUT2D eigenvalue weighted by Crippen LogP contribution is -2.11. The molecule has 2 aromatic rings. The Morgan fingerprint density at radius 3 is 2.08 bits per heavy atom. The zero-order valence-electron chi connectivity index (χ0n) is 13.7. The molecule has 2 aromatic carbocycles. The molecular weight excluding hydrogens is 320 g/mol. The molecule has 5 nitrogen and oxygen atoms in total. The predicted molar refractivity (Wildman–Crippen MR) is 92.7 cm³/mol. The molecule has 0 aliphatic carbocycles. The first-order chi connectivity index (χ1) is 11.9. The van der Waals surface area contributed by atoms with E-state index in [1.807, 2.05) is 6.92 Å². The predicted octanol–water partition coefficient (Wildman–Crippen LogP) is 3.41. The Bertz CT molecular complexity index is 847. The zero-order chi connectivity index (χ0) is 18.4. The fourth-order valence-corrected chi connectivity index (χ4v) is 2.01. The number of ether oxygens (including phenoxy) is 2. The van der Waals surface area contributed by atoms with Crippen molar-refractivity contribution in [3.05, 3.63) is 84.5 Å². The number of benzene rings is 2. The van der Waals surface area contributed by atoms with Crippen molar-refractivity contribution in [3.63, 3.8) is 0 Å². The van der Waals surface area contributed by atoms with Crippen molar-refractivity contribution >= 4 is 17.7 Å². The first-order valence-corrected chi connectivity index (χ1v) is 7.38. The third-order valence-corrected chi connectivity index (χ3v) is 3.27. The Morgan fingerprint density at radius 2 is 1.48 bits per heavy atom. The van der Waals surface area contributed by atoms with Crippen LogP contribution in [0.3, 0.4) is 0 Å². The van der Waals surface area contributed by atoms with Crippen LogP contribution in [0.1, 0.15) is 21.5 Å². The van der Waals surface area contributed by atoms with Crippen LogP contribution in [0, 0.1) is 6.92 Å². The molecule has 0 spiro atoms. The molecule has 0 bridgehead atoms. The Labute approximate surface area is 145 Å². The van der Waals surface area contributed by atoms with Gasteiger partial charge in [0.1, 0.15) is 11.5 Å². The molecule has 0 aromatic heterocycles. The minimum atomic E-state index is -0.700. The molecule has 0 saturated carbocycles. The Hall–Kier alpha value is -3.47. The summed E-state index contributed by atoms with van der Waals surface area (Å²) >= 11 is 0. The molecule has 0 unspecified atom stereocenters. The molecule has 0 heterocycles. The van der Waals surface area contributed by atoms with Gasteiger partial charge in [-0.05, 0) is 25.1 Å². The first-order valence-electron chi connectivity index (χ1n) is 7.38. The average Bonchev–Trinajstić information content (AvgIpc) is 2.62.